The van der Waals surface area contributed by atoms with Crippen molar-refractivity contribution in [3.8, 4) is 10.7 Å². The Bertz CT molecular complexity index is 444. The fourth-order valence-corrected chi connectivity index (χ4v) is 2.08. The summed E-state index contributed by atoms with van der Waals surface area (Å²) in [4.78, 5) is 0.960. The molecule has 0 aliphatic carbocycles. The van der Waals surface area contributed by atoms with Gasteiger partial charge in [-0.25, -0.2) is 0 Å². The number of hydrogen-bond donors (Lipinski definition) is 2. The summed E-state index contributed by atoms with van der Waals surface area (Å²) in [6.07, 6.45) is 0. The maximum Gasteiger partial charge on any atom is 0.224 e. The molecule has 14 heavy (non-hydrogen) atoms. The van der Waals surface area contributed by atoms with Crippen LogP contribution in [-0.2, 0) is 7.05 Å². The second kappa shape index (κ2) is 3.30. The first-order valence-corrected chi connectivity index (χ1v) is 5.02. The van der Waals surface area contributed by atoms with Gasteiger partial charge in [0, 0.05) is 14.1 Å². The van der Waals surface area contributed by atoms with Crippen molar-refractivity contribution in [2.45, 2.75) is 0 Å². The highest BCUT2D eigenvalue weighted by Gasteiger charge is 2.12. The van der Waals surface area contributed by atoms with Crippen LogP contribution >= 0.6 is 11.3 Å². The summed E-state index contributed by atoms with van der Waals surface area (Å²) in [5.74, 6) is 1.52. The molecule has 2 heterocycles. The van der Waals surface area contributed by atoms with Crippen molar-refractivity contribution in [1.82, 2.24) is 14.8 Å². The summed E-state index contributed by atoms with van der Waals surface area (Å²) in [7, 11) is 3.71. The highest BCUT2D eigenvalue weighted by atomic mass is 32.1. The first-order valence-electron chi connectivity index (χ1n) is 4.14. The van der Waals surface area contributed by atoms with Gasteiger partial charge < -0.3 is 11.1 Å². The molecule has 0 bridgehead atoms. The lowest BCUT2D eigenvalue weighted by molar-refractivity contribution is 0.928. The van der Waals surface area contributed by atoms with Crippen molar-refractivity contribution in [2.24, 2.45) is 7.05 Å². The standard InChI is InChI=1S/C8H11N5S/c1-10-8-12-11-7(13(8)2)6-5(9)3-4-14-6/h3-4H,9H2,1-2H3,(H,10,12). The molecule has 74 valence electrons. The van der Waals surface area contributed by atoms with Gasteiger partial charge >= 0.3 is 0 Å². The lowest BCUT2D eigenvalue weighted by atomic mass is 10.4. The topological polar surface area (TPSA) is 68.8 Å². The lowest BCUT2D eigenvalue weighted by Gasteiger charge is -2.01. The number of rotatable bonds is 2. The predicted molar refractivity (Wildman–Crippen MR) is 58.3 cm³/mol. The number of aromatic nitrogens is 3. The molecule has 0 amide bonds. The summed E-state index contributed by atoms with van der Waals surface area (Å²) in [5, 5.41) is 12.9. The molecule has 0 aliphatic heterocycles. The quantitative estimate of drug-likeness (QED) is 0.779. The molecule has 0 saturated heterocycles. The maximum absolute atomic E-state index is 5.80. The van der Waals surface area contributed by atoms with Crippen LogP contribution in [0.3, 0.4) is 0 Å². The van der Waals surface area contributed by atoms with Gasteiger partial charge in [-0.15, -0.1) is 21.5 Å². The average Bonchev–Trinajstić information content (AvgIpc) is 2.72. The van der Waals surface area contributed by atoms with Gasteiger partial charge in [0.05, 0.1) is 10.6 Å². The molecule has 6 heteroatoms. The van der Waals surface area contributed by atoms with E-state index in [1.54, 1.807) is 11.3 Å². The molecule has 0 aliphatic rings. The van der Waals surface area contributed by atoms with Crippen LogP contribution in [0.1, 0.15) is 0 Å². The zero-order chi connectivity index (χ0) is 10.1. The minimum atomic E-state index is 0.729. The minimum absolute atomic E-state index is 0.729. The van der Waals surface area contributed by atoms with Gasteiger partial charge in [-0.2, -0.15) is 0 Å². The zero-order valence-corrected chi connectivity index (χ0v) is 8.80. The van der Waals surface area contributed by atoms with Crippen LogP contribution in [0, 0.1) is 0 Å². The molecule has 3 N–H and O–H groups in total. The third-order valence-corrected chi connectivity index (χ3v) is 2.92. The first kappa shape index (κ1) is 9.01. The Morgan fingerprint density at radius 1 is 1.50 bits per heavy atom. The van der Waals surface area contributed by atoms with E-state index < -0.39 is 0 Å². The van der Waals surface area contributed by atoms with Crippen LogP contribution in [0.5, 0.6) is 0 Å². The van der Waals surface area contributed by atoms with Crippen LogP contribution in [0.25, 0.3) is 10.7 Å². The fourth-order valence-electron chi connectivity index (χ4n) is 1.25. The molecule has 0 unspecified atom stereocenters. The highest BCUT2D eigenvalue weighted by molar-refractivity contribution is 7.14. The van der Waals surface area contributed by atoms with E-state index in [4.69, 9.17) is 5.73 Å². The average molecular weight is 209 g/mol. The van der Waals surface area contributed by atoms with Crippen molar-refractivity contribution < 1.29 is 0 Å². The monoisotopic (exact) mass is 209 g/mol. The van der Waals surface area contributed by atoms with E-state index in [0.717, 1.165) is 22.3 Å². The molecular weight excluding hydrogens is 198 g/mol. The van der Waals surface area contributed by atoms with E-state index in [2.05, 4.69) is 15.5 Å². The molecule has 2 rings (SSSR count). The van der Waals surface area contributed by atoms with Crippen molar-refractivity contribution in [2.75, 3.05) is 18.1 Å². The van der Waals surface area contributed by atoms with Crippen LogP contribution in [0.2, 0.25) is 0 Å². The molecule has 0 atom stereocenters. The Hall–Kier alpha value is -1.56. The number of nitrogens with two attached hydrogens (primary N) is 1. The third-order valence-electron chi connectivity index (χ3n) is 2.00. The van der Waals surface area contributed by atoms with Gasteiger partial charge in [-0.05, 0) is 11.4 Å². The van der Waals surface area contributed by atoms with Crippen molar-refractivity contribution >= 4 is 23.0 Å². The van der Waals surface area contributed by atoms with Crippen LogP contribution < -0.4 is 11.1 Å². The highest BCUT2D eigenvalue weighted by Crippen LogP contribution is 2.30. The normalized spacial score (nSPS) is 10.4. The summed E-state index contributed by atoms with van der Waals surface area (Å²) in [5.41, 5.74) is 6.54. The Kier molecular flexibility index (Phi) is 2.12. The van der Waals surface area contributed by atoms with E-state index in [9.17, 15) is 0 Å². The second-order valence-corrected chi connectivity index (χ2v) is 3.78. The Morgan fingerprint density at radius 3 is 2.79 bits per heavy atom. The summed E-state index contributed by atoms with van der Waals surface area (Å²) >= 11 is 1.56. The van der Waals surface area contributed by atoms with E-state index in [-0.39, 0.29) is 0 Å². The molecule has 0 saturated carbocycles. The van der Waals surface area contributed by atoms with Gasteiger partial charge in [-0.3, -0.25) is 4.57 Å². The van der Waals surface area contributed by atoms with Gasteiger partial charge in [0.25, 0.3) is 0 Å². The third kappa shape index (κ3) is 1.24. The molecule has 5 nitrogen and oxygen atoms in total. The Morgan fingerprint density at radius 2 is 2.29 bits per heavy atom. The van der Waals surface area contributed by atoms with E-state index in [1.165, 1.54) is 0 Å². The van der Waals surface area contributed by atoms with Crippen LogP contribution in [0.15, 0.2) is 11.4 Å². The van der Waals surface area contributed by atoms with Crippen molar-refractivity contribution in [3.63, 3.8) is 0 Å². The summed E-state index contributed by atoms with van der Waals surface area (Å²) in [6.45, 7) is 0. The molecule has 0 fully saturated rings. The smallest absolute Gasteiger partial charge is 0.224 e. The van der Waals surface area contributed by atoms with Gasteiger partial charge in [0.15, 0.2) is 5.82 Å². The van der Waals surface area contributed by atoms with Crippen LogP contribution in [-0.4, -0.2) is 21.8 Å². The Labute approximate surface area is 85.6 Å². The van der Waals surface area contributed by atoms with Crippen molar-refractivity contribution in [3.05, 3.63) is 11.4 Å². The molecule has 0 aromatic carbocycles. The predicted octanol–water partition coefficient (Wildman–Crippen LogP) is 1.17. The SMILES string of the molecule is CNc1nnc(-c2sccc2N)n1C. The summed E-state index contributed by atoms with van der Waals surface area (Å²) < 4.78 is 1.88. The molecule has 2 aromatic rings. The van der Waals surface area contributed by atoms with Crippen LogP contribution in [0.4, 0.5) is 11.6 Å². The van der Waals surface area contributed by atoms with E-state index >= 15 is 0 Å². The molecular formula is C8H11N5S. The van der Waals surface area contributed by atoms with E-state index in [1.807, 2.05) is 30.1 Å². The number of nitrogens with one attached hydrogen (secondary N) is 1. The van der Waals surface area contributed by atoms with E-state index in [0.29, 0.717) is 0 Å². The summed E-state index contributed by atoms with van der Waals surface area (Å²) in [6, 6.07) is 1.87. The number of hydrogen-bond acceptors (Lipinski definition) is 5. The maximum atomic E-state index is 5.80. The lowest BCUT2D eigenvalue weighted by Crippen LogP contribution is -1.99. The molecule has 0 radical (unpaired) electrons. The minimum Gasteiger partial charge on any atom is -0.397 e. The fraction of sp³-hybridized carbons (Fsp3) is 0.250. The van der Waals surface area contributed by atoms with Gasteiger partial charge in [0.2, 0.25) is 5.95 Å². The number of thiophene rings is 1. The number of nitrogens with zero attached hydrogens (tertiary/aromatic N) is 3. The van der Waals surface area contributed by atoms with Crippen molar-refractivity contribution in [1.29, 1.82) is 0 Å². The number of nitrogen functional groups attached to an aromatic ring is 1. The largest absolute Gasteiger partial charge is 0.397 e. The first-order chi connectivity index (χ1) is 6.74. The number of anilines is 2. The van der Waals surface area contributed by atoms with Gasteiger partial charge in [0.1, 0.15) is 0 Å². The molecule has 0 spiro atoms. The zero-order valence-electron chi connectivity index (χ0n) is 7.98. The second-order valence-electron chi connectivity index (χ2n) is 2.86. The molecule has 2 aromatic heterocycles. The van der Waals surface area contributed by atoms with Gasteiger partial charge in [-0.1, -0.05) is 0 Å². The Balaban J connectivity index is 2.52.